The number of nitrogens with zero attached hydrogens (tertiary/aromatic N) is 2. The maximum Gasteiger partial charge on any atom is 0.240 e. The summed E-state index contributed by atoms with van der Waals surface area (Å²) in [7, 11) is 0. The van der Waals surface area contributed by atoms with Gasteiger partial charge in [0, 0.05) is 11.6 Å². The Morgan fingerprint density at radius 2 is 2.10 bits per heavy atom. The van der Waals surface area contributed by atoms with Crippen LogP contribution >= 0.6 is 0 Å². The summed E-state index contributed by atoms with van der Waals surface area (Å²) in [4.78, 5) is 4.54. The third-order valence-corrected chi connectivity index (χ3v) is 3.87. The molecule has 0 radical (unpaired) electrons. The number of benzene rings is 1. The lowest BCUT2D eigenvalue weighted by molar-refractivity contribution is 0.272. The fraction of sp³-hybridized carbons (Fsp3) is 0.467. The van der Waals surface area contributed by atoms with Gasteiger partial charge in [0.05, 0.1) is 19.1 Å². The van der Waals surface area contributed by atoms with E-state index in [1.165, 1.54) is 12.8 Å². The second-order valence-corrected chi connectivity index (χ2v) is 5.43. The summed E-state index contributed by atoms with van der Waals surface area (Å²) in [6.07, 6.45) is 3.41. The van der Waals surface area contributed by atoms with Crippen molar-refractivity contribution in [3.63, 3.8) is 0 Å². The molecule has 1 N–H and O–H groups in total. The Morgan fingerprint density at radius 3 is 3.00 bits per heavy atom. The van der Waals surface area contributed by atoms with Crippen molar-refractivity contribution in [3.05, 3.63) is 41.5 Å². The molecule has 1 saturated carbocycles. The molecule has 0 saturated heterocycles. The minimum absolute atomic E-state index is 0.179. The summed E-state index contributed by atoms with van der Waals surface area (Å²) in [5, 5.41) is 7.54. The normalized spacial score (nSPS) is 21.3. The van der Waals surface area contributed by atoms with Crippen LogP contribution in [-0.4, -0.2) is 22.8 Å². The van der Waals surface area contributed by atoms with E-state index in [-0.39, 0.29) is 5.92 Å². The molecule has 2 heterocycles. The van der Waals surface area contributed by atoms with Crippen molar-refractivity contribution in [1.29, 1.82) is 0 Å². The predicted octanol–water partition coefficient (Wildman–Crippen LogP) is 2.24. The van der Waals surface area contributed by atoms with Crippen LogP contribution < -0.4 is 10.1 Å². The van der Waals surface area contributed by atoms with Gasteiger partial charge in [-0.1, -0.05) is 23.4 Å². The number of fused-ring (bicyclic) bond motifs is 1. The van der Waals surface area contributed by atoms with Gasteiger partial charge in [0.2, 0.25) is 5.89 Å². The van der Waals surface area contributed by atoms with Gasteiger partial charge in [0.1, 0.15) is 5.75 Å². The molecule has 5 heteroatoms. The number of hydrogen-bond acceptors (Lipinski definition) is 5. The smallest absolute Gasteiger partial charge is 0.240 e. The zero-order chi connectivity index (χ0) is 13.4. The van der Waals surface area contributed by atoms with Gasteiger partial charge in [-0.15, -0.1) is 0 Å². The van der Waals surface area contributed by atoms with E-state index in [2.05, 4.69) is 21.5 Å². The van der Waals surface area contributed by atoms with Crippen molar-refractivity contribution in [2.75, 3.05) is 6.61 Å². The number of para-hydroxylation sites is 1. The third kappa shape index (κ3) is 2.29. The van der Waals surface area contributed by atoms with Crippen molar-refractivity contribution in [2.45, 2.75) is 37.8 Å². The fourth-order valence-electron chi connectivity index (χ4n) is 2.61. The second-order valence-electron chi connectivity index (χ2n) is 5.43. The van der Waals surface area contributed by atoms with Crippen LogP contribution in [0.1, 0.15) is 42.5 Å². The lowest BCUT2D eigenvalue weighted by atomic mass is 9.92. The van der Waals surface area contributed by atoms with Crippen LogP contribution in [0.4, 0.5) is 0 Å². The van der Waals surface area contributed by atoms with Gasteiger partial charge in [-0.05, 0) is 25.3 Å². The molecule has 1 atom stereocenters. The molecule has 1 aliphatic carbocycles. The number of aromatic nitrogens is 2. The van der Waals surface area contributed by atoms with Crippen LogP contribution in [0.15, 0.2) is 28.8 Å². The minimum atomic E-state index is 0.179. The Balaban J connectivity index is 1.55. The topological polar surface area (TPSA) is 60.2 Å². The van der Waals surface area contributed by atoms with Crippen molar-refractivity contribution in [2.24, 2.45) is 0 Å². The summed E-state index contributed by atoms with van der Waals surface area (Å²) >= 11 is 0. The quantitative estimate of drug-likeness (QED) is 0.924. The van der Waals surface area contributed by atoms with E-state index in [1.54, 1.807) is 0 Å². The highest BCUT2D eigenvalue weighted by Crippen LogP contribution is 2.36. The molecule has 2 aromatic rings. The van der Waals surface area contributed by atoms with E-state index in [1.807, 2.05) is 18.2 Å². The maximum absolute atomic E-state index is 5.67. The first-order valence-corrected chi connectivity index (χ1v) is 7.18. The number of ether oxygens (including phenoxy) is 1. The first-order chi connectivity index (χ1) is 9.90. The Bertz CT molecular complexity index is 607. The molecule has 0 amide bonds. The van der Waals surface area contributed by atoms with E-state index in [9.17, 15) is 0 Å². The van der Waals surface area contributed by atoms with Crippen LogP contribution in [-0.2, 0) is 6.54 Å². The molecule has 1 aliphatic heterocycles. The van der Waals surface area contributed by atoms with Gasteiger partial charge < -0.3 is 14.6 Å². The molecule has 1 fully saturated rings. The van der Waals surface area contributed by atoms with Crippen LogP contribution in [0.5, 0.6) is 5.75 Å². The van der Waals surface area contributed by atoms with Gasteiger partial charge in [0.25, 0.3) is 0 Å². The first-order valence-electron chi connectivity index (χ1n) is 7.18. The molecule has 1 unspecified atom stereocenters. The predicted molar refractivity (Wildman–Crippen MR) is 72.6 cm³/mol. The molecular formula is C15H17N3O2. The summed E-state index contributed by atoms with van der Waals surface area (Å²) in [5.74, 6) is 2.56. The number of nitrogens with one attached hydrogen (secondary N) is 1. The van der Waals surface area contributed by atoms with Crippen LogP contribution in [0.2, 0.25) is 0 Å². The summed E-state index contributed by atoms with van der Waals surface area (Å²) in [6.45, 7) is 1.37. The molecule has 1 aromatic carbocycles. The SMILES string of the molecule is c1ccc2c(c1)OCCC2c1noc(CNC2CC2)n1. The summed E-state index contributed by atoms with van der Waals surface area (Å²) < 4.78 is 11.0. The van der Waals surface area contributed by atoms with E-state index in [0.717, 1.165) is 23.6 Å². The number of hydrogen-bond donors (Lipinski definition) is 1. The highest BCUT2D eigenvalue weighted by Gasteiger charge is 2.27. The molecule has 4 rings (SSSR count). The molecule has 20 heavy (non-hydrogen) atoms. The molecule has 5 nitrogen and oxygen atoms in total. The largest absolute Gasteiger partial charge is 0.493 e. The molecular weight excluding hydrogens is 254 g/mol. The zero-order valence-electron chi connectivity index (χ0n) is 11.2. The molecule has 104 valence electrons. The molecule has 2 aliphatic rings. The van der Waals surface area contributed by atoms with Gasteiger partial charge >= 0.3 is 0 Å². The Hall–Kier alpha value is -1.88. The van der Waals surface area contributed by atoms with Crippen molar-refractivity contribution >= 4 is 0 Å². The molecule has 0 spiro atoms. The van der Waals surface area contributed by atoms with Gasteiger partial charge in [-0.2, -0.15) is 4.98 Å². The average molecular weight is 271 g/mol. The van der Waals surface area contributed by atoms with Crippen molar-refractivity contribution in [1.82, 2.24) is 15.5 Å². The van der Waals surface area contributed by atoms with E-state index in [4.69, 9.17) is 9.26 Å². The Kier molecular flexibility index (Phi) is 2.92. The Morgan fingerprint density at radius 1 is 1.20 bits per heavy atom. The van der Waals surface area contributed by atoms with Crippen LogP contribution in [0.25, 0.3) is 0 Å². The van der Waals surface area contributed by atoms with E-state index >= 15 is 0 Å². The third-order valence-electron chi connectivity index (χ3n) is 3.87. The first kappa shape index (κ1) is 11.9. The minimum Gasteiger partial charge on any atom is -0.493 e. The highest BCUT2D eigenvalue weighted by molar-refractivity contribution is 5.40. The van der Waals surface area contributed by atoms with Gasteiger partial charge in [-0.25, -0.2) is 0 Å². The summed E-state index contributed by atoms with van der Waals surface area (Å²) in [5.41, 5.74) is 1.15. The molecule has 1 aromatic heterocycles. The van der Waals surface area contributed by atoms with Gasteiger partial charge in [0.15, 0.2) is 5.82 Å². The Labute approximate surface area is 117 Å². The van der Waals surface area contributed by atoms with Crippen molar-refractivity contribution < 1.29 is 9.26 Å². The lowest BCUT2D eigenvalue weighted by Gasteiger charge is -2.23. The standard InChI is InChI=1S/C15H17N3O2/c1-2-4-13-11(3-1)12(7-8-19-13)15-17-14(20-18-15)9-16-10-5-6-10/h1-4,10,12,16H,5-9H2. The lowest BCUT2D eigenvalue weighted by Crippen LogP contribution is -2.17. The summed E-state index contributed by atoms with van der Waals surface area (Å²) in [6, 6.07) is 8.74. The van der Waals surface area contributed by atoms with E-state index < -0.39 is 0 Å². The molecule has 0 bridgehead atoms. The maximum atomic E-state index is 5.67. The van der Waals surface area contributed by atoms with E-state index in [0.29, 0.717) is 25.1 Å². The average Bonchev–Trinajstić information content (AvgIpc) is 3.21. The highest BCUT2D eigenvalue weighted by atomic mass is 16.5. The zero-order valence-corrected chi connectivity index (χ0v) is 11.2. The van der Waals surface area contributed by atoms with Crippen LogP contribution in [0.3, 0.4) is 0 Å². The second kappa shape index (κ2) is 4.90. The van der Waals surface area contributed by atoms with Crippen LogP contribution in [0, 0.1) is 0 Å². The monoisotopic (exact) mass is 271 g/mol. The number of rotatable bonds is 4. The van der Waals surface area contributed by atoms with Gasteiger partial charge in [-0.3, -0.25) is 0 Å². The van der Waals surface area contributed by atoms with Crippen molar-refractivity contribution in [3.8, 4) is 5.75 Å². The fourth-order valence-corrected chi connectivity index (χ4v) is 2.61.